The van der Waals surface area contributed by atoms with Crippen molar-refractivity contribution in [2.45, 2.75) is 26.1 Å². The zero-order valence-corrected chi connectivity index (χ0v) is 21.4. The molecule has 0 saturated carbocycles. The van der Waals surface area contributed by atoms with Crippen LogP contribution in [-0.2, 0) is 24.9 Å². The van der Waals surface area contributed by atoms with Crippen LogP contribution >= 0.6 is 0 Å². The van der Waals surface area contributed by atoms with Crippen LogP contribution < -0.4 is 4.74 Å². The van der Waals surface area contributed by atoms with E-state index in [1.165, 1.54) is 0 Å². The largest absolute Gasteiger partial charge is 0.439 e. The average Bonchev–Trinajstić information content (AvgIpc) is 3.21. The molecule has 1 N–H and O–H groups in total. The third kappa shape index (κ3) is 7.31. The van der Waals surface area contributed by atoms with Crippen LogP contribution in [0.1, 0.15) is 16.7 Å². The predicted molar refractivity (Wildman–Crippen MR) is 146 cm³/mol. The van der Waals surface area contributed by atoms with Crippen molar-refractivity contribution in [3.63, 3.8) is 0 Å². The summed E-state index contributed by atoms with van der Waals surface area (Å²) >= 11 is 0. The van der Waals surface area contributed by atoms with E-state index in [0.717, 1.165) is 33.7 Å². The first kappa shape index (κ1) is 26.2. The highest BCUT2D eigenvalue weighted by Crippen LogP contribution is 2.34. The molecule has 1 aromatic heterocycles. The van der Waals surface area contributed by atoms with Gasteiger partial charge in [0.2, 0.25) is 5.88 Å². The molecule has 4 rings (SSSR count). The Labute approximate surface area is 219 Å². The summed E-state index contributed by atoms with van der Waals surface area (Å²) in [5.41, 5.74) is 5.11. The van der Waals surface area contributed by atoms with Gasteiger partial charge in [-0.25, -0.2) is 4.68 Å². The van der Waals surface area contributed by atoms with E-state index < -0.39 is 6.10 Å². The molecule has 0 amide bonds. The highest BCUT2D eigenvalue weighted by atomic mass is 16.5. The SMILES string of the molecule is C#CCOC[C@@H](O)CN(Cc1ccccc1)Cc1c(-c2ccccc2)nn(C)c1Oc1ccc(C)cc1. The molecule has 1 heterocycles. The summed E-state index contributed by atoms with van der Waals surface area (Å²) in [4.78, 5) is 2.19. The van der Waals surface area contributed by atoms with E-state index in [1.807, 2.05) is 86.8 Å². The zero-order valence-electron chi connectivity index (χ0n) is 21.4. The molecule has 1 atom stereocenters. The summed E-state index contributed by atoms with van der Waals surface area (Å²) < 4.78 is 13.6. The number of rotatable bonds is 12. The fourth-order valence-electron chi connectivity index (χ4n) is 4.22. The Morgan fingerprint density at radius 3 is 2.32 bits per heavy atom. The number of nitrogens with zero attached hydrogens (tertiary/aromatic N) is 3. The third-order valence-electron chi connectivity index (χ3n) is 5.97. The van der Waals surface area contributed by atoms with Crippen molar-refractivity contribution >= 4 is 0 Å². The van der Waals surface area contributed by atoms with Gasteiger partial charge in [-0.2, -0.15) is 5.10 Å². The normalized spacial score (nSPS) is 11.9. The van der Waals surface area contributed by atoms with Crippen LogP contribution in [0.15, 0.2) is 84.9 Å². The summed E-state index contributed by atoms with van der Waals surface area (Å²) in [7, 11) is 1.89. The van der Waals surface area contributed by atoms with Gasteiger partial charge in [0, 0.05) is 32.2 Å². The maximum atomic E-state index is 10.7. The molecule has 0 unspecified atom stereocenters. The fraction of sp³-hybridized carbons (Fsp3) is 0.258. The number of aliphatic hydroxyl groups is 1. The van der Waals surface area contributed by atoms with Crippen molar-refractivity contribution in [1.29, 1.82) is 0 Å². The van der Waals surface area contributed by atoms with Crippen molar-refractivity contribution in [3.8, 4) is 35.2 Å². The lowest BCUT2D eigenvalue weighted by Crippen LogP contribution is -2.34. The quantitative estimate of drug-likeness (QED) is 0.216. The third-order valence-corrected chi connectivity index (χ3v) is 5.97. The summed E-state index contributed by atoms with van der Waals surface area (Å²) in [5, 5.41) is 15.6. The van der Waals surface area contributed by atoms with Gasteiger partial charge in [0.25, 0.3) is 0 Å². The van der Waals surface area contributed by atoms with Gasteiger partial charge >= 0.3 is 0 Å². The van der Waals surface area contributed by atoms with Gasteiger partial charge in [0.05, 0.1) is 18.3 Å². The minimum atomic E-state index is -0.699. The second-order valence-electron chi connectivity index (χ2n) is 9.07. The van der Waals surface area contributed by atoms with Gasteiger partial charge < -0.3 is 14.6 Å². The topological polar surface area (TPSA) is 59.8 Å². The number of ether oxygens (including phenoxy) is 2. The Morgan fingerprint density at radius 2 is 1.65 bits per heavy atom. The second-order valence-corrected chi connectivity index (χ2v) is 9.07. The lowest BCUT2D eigenvalue weighted by Gasteiger charge is -2.25. The van der Waals surface area contributed by atoms with Crippen molar-refractivity contribution in [3.05, 3.63) is 102 Å². The molecule has 6 nitrogen and oxygen atoms in total. The number of hydrogen-bond acceptors (Lipinski definition) is 5. The van der Waals surface area contributed by atoms with Gasteiger partial charge in [-0.1, -0.05) is 84.3 Å². The number of aryl methyl sites for hydroxylation is 2. The Hall–Kier alpha value is -3.89. The minimum absolute atomic E-state index is 0.167. The molecular formula is C31H33N3O3. The molecule has 0 saturated heterocycles. The molecule has 3 aromatic carbocycles. The Balaban J connectivity index is 1.69. The summed E-state index contributed by atoms with van der Waals surface area (Å²) in [6.07, 6.45) is 4.59. The maximum absolute atomic E-state index is 10.7. The maximum Gasteiger partial charge on any atom is 0.222 e. The molecule has 37 heavy (non-hydrogen) atoms. The van der Waals surface area contributed by atoms with Crippen LogP contribution in [-0.4, -0.2) is 45.6 Å². The molecule has 0 aliphatic carbocycles. The first-order valence-corrected chi connectivity index (χ1v) is 12.3. The molecule has 0 fully saturated rings. The predicted octanol–water partition coefficient (Wildman–Crippen LogP) is 5.20. The number of aliphatic hydroxyl groups excluding tert-OH is 1. The molecule has 0 aliphatic rings. The Bertz CT molecular complexity index is 1300. The number of benzene rings is 3. The fourth-order valence-corrected chi connectivity index (χ4v) is 4.22. The zero-order chi connectivity index (χ0) is 26.0. The van der Waals surface area contributed by atoms with E-state index in [2.05, 4.69) is 23.0 Å². The number of aromatic nitrogens is 2. The van der Waals surface area contributed by atoms with Crippen molar-refractivity contribution in [2.75, 3.05) is 19.8 Å². The molecule has 4 aromatic rings. The summed E-state index contributed by atoms with van der Waals surface area (Å²) in [5.74, 6) is 3.85. The van der Waals surface area contributed by atoms with Crippen LogP contribution in [0.4, 0.5) is 0 Å². The van der Waals surface area contributed by atoms with E-state index in [9.17, 15) is 5.11 Å². The molecule has 190 valence electrons. The number of terminal acetylenes is 1. The highest BCUT2D eigenvalue weighted by molar-refractivity contribution is 5.65. The Morgan fingerprint density at radius 1 is 0.973 bits per heavy atom. The smallest absolute Gasteiger partial charge is 0.222 e. The van der Waals surface area contributed by atoms with Gasteiger partial charge in [0.15, 0.2) is 0 Å². The van der Waals surface area contributed by atoms with Gasteiger partial charge in [-0.05, 0) is 24.6 Å². The van der Waals surface area contributed by atoms with Crippen LogP contribution in [0.5, 0.6) is 11.6 Å². The molecule has 0 aliphatic heterocycles. The monoisotopic (exact) mass is 495 g/mol. The first-order valence-electron chi connectivity index (χ1n) is 12.3. The van der Waals surface area contributed by atoms with Crippen molar-refractivity contribution in [2.24, 2.45) is 7.05 Å². The van der Waals surface area contributed by atoms with Gasteiger partial charge in [-0.15, -0.1) is 6.42 Å². The van der Waals surface area contributed by atoms with E-state index in [4.69, 9.17) is 21.0 Å². The lowest BCUT2D eigenvalue weighted by atomic mass is 10.1. The van der Waals surface area contributed by atoms with Crippen LogP contribution in [0, 0.1) is 19.3 Å². The molecule has 6 heteroatoms. The van der Waals surface area contributed by atoms with Crippen molar-refractivity contribution < 1.29 is 14.6 Å². The standard InChI is InChI=1S/C31H33N3O3/c1-4-19-36-23-27(35)21-34(20-25-11-7-5-8-12-25)22-29-30(26-13-9-6-10-14-26)32-33(3)31(29)37-28-17-15-24(2)16-18-28/h1,5-18,27,35H,19-23H2,2-3H3/t27-/m0/s1. The van der Waals surface area contributed by atoms with E-state index in [0.29, 0.717) is 25.5 Å². The van der Waals surface area contributed by atoms with Gasteiger partial charge in [0.1, 0.15) is 18.1 Å². The Kier molecular flexibility index (Phi) is 9.12. The minimum Gasteiger partial charge on any atom is -0.439 e. The second kappa shape index (κ2) is 12.9. The average molecular weight is 496 g/mol. The number of hydrogen-bond donors (Lipinski definition) is 1. The van der Waals surface area contributed by atoms with Crippen LogP contribution in [0.25, 0.3) is 11.3 Å². The molecule has 0 bridgehead atoms. The molecule has 0 spiro atoms. The summed E-state index contributed by atoms with van der Waals surface area (Å²) in [6.45, 7) is 3.94. The van der Waals surface area contributed by atoms with Crippen LogP contribution in [0.2, 0.25) is 0 Å². The first-order chi connectivity index (χ1) is 18.0. The molecule has 0 radical (unpaired) electrons. The van der Waals surface area contributed by atoms with Crippen LogP contribution in [0.3, 0.4) is 0 Å². The van der Waals surface area contributed by atoms with Gasteiger partial charge in [-0.3, -0.25) is 4.90 Å². The molecular weight excluding hydrogens is 462 g/mol. The summed E-state index contributed by atoms with van der Waals surface area (Å²) in [6, 6.07) is 28.3. The highest BCUT2D eigenvalue weighted by Gasteiger charge is 2.23. The van der Waals surface area contributed by atoms with E-state index in [-0.39, 0.29) is 13.2 Å². The van der Waals surface area contributed by atoms with E-state index in [1.54, 1.807) is 4.68 Å². The van der Waals surface area contributed by atoms with Crippen molar-refractivity contribution in [1.82, 2.24) is 14.7 Å². The van der Waals surface area contributed by atoms with E-state index >= 15 is 0 Å². The lowest BCUT2D eigenvalue weighted by molar-refractivity contribution is 0.0242.